The van der Waals surface area contributed by atoms with Gasteiger partial charge < -0.3 is 10.2 Å². The lowest BCUT2D eigenvalue weighted by molar-refractivity contribution is 0.616. The van der Waals surface area contributed by atoms with Crippen LogP contribution in [0.3, 0.4) is 0 Å². The highest BCUT2D eigenvalue weighted by atomic mass is 15.2. The first-order valence-electron chi connectivity index (χ1n) is 5.86. The zero-order valence-electron chi connectivity index (χ0n) is 10.6. The predicted octanol–water partition coefficient (Wildman–Crippen LogP) is 3.26. The van der Waals surface area contributed by atoms with Gasteiger partial charge in [0.25, 0.3) is 0 Å². The maximum absolute atomic E-state index is 7.85. The molecule has 0 saturated carbocycles. The molecule has 0 amide bonds. The van der Waals surface area contributed by atoms with Crippen LogP contribution in [0.25, 0.3) is 11.1 Å². The number of guanidine groups is 1. The molecule has 0 bridgehead atoms. The first-order chi connectivity index (χ1) is 8.68. The molecule has 18 heavy (non-hydrogen) atoms. The van der Waals surface area contributed by atoms with Gasteiger partial charge in [0.05, 0.1) is 0 Å². The average molecular weight is 239 g/mol. The van der Waals surface area contributed by atoms with Gasteiger partial charge in [-0.15, -0.1) is 0 Å². The summed E-state index contributed by atoms with van der Waals surface area (Å²) >= 11 is 0. The van der Waals surface area contributed by atoms with Gasteiger partial charge in [-0.1, -0.05) is 48.5 Å². The number of anilines is 1. The van der Waals surface area contributed by atoms with E-state index in [2.05, 4.69) is 23.5 Å². The maximum Gasteiger partial charge on any atom is 0.195 e. The number of hydrogen-bond donors (Lipinski definition) is 2. The Labute approximate surface area is 108 Å². The minimum atomic E-state index is 0.374. The van der Waals surface area contributed by atoms with E-state index in [4.69, 9.17) is 5.41 Å². The average Bonchev–Trinajstić information content (AvgIpc) is 2.40. The summed E-state index contributed by atoms with van der Waals surface area (Å²) in [5, 5.41) is 11.0. The molecule has 0 saturated heterocycles. The van der Waals surface area contributed by atoms with Gasteiger partial charge in [-0.05, 0) is 11.6 Å². The molecule has 0 aliphatic rings. The lowest BCUT2D eigenvalue weighted by atomic mass is 10.0. The highest BCUT2D eigenvalue weighted by Crippen LogP contribution is 2.27. The summed E-state index contributed by atoms with van der Waals surface area (Å²) in [6, 6.07) is 18.2. The quantitative estimate of drug-likeness (QED) is 0.623. The summed E-state index contributed by atoms with van der Waals surface area (Å²) in [7, 11) is 3.70. The van der Waals surface area contributed by atoms with Crippen LogP contribution >= 0.6 is 0 Å². The van der Waals surface area contributed by atoms with Gasteiger partial charge in [-0.25, -0.2) is 0 Å². The van der Waals surface area contributed by atoms with Crippen LogP contribution in [0.4, 0.5) is 5.69 Å². The Balaban J connectivity index is 2.35. The smallest absolute Gasteiger partial charge is 0.195 e. The second-order valence-corrected chi connectivity index (χ2v) is 4.28. The van der Waals surface area contributed by atoms with E-state index in [0.29, 0.717) is 5.96 Å². The molecule has 2 N–H and O–H groups in total. The zero-order valence-corrected chi connectivity index (χ0v) is 10.6. The largest absolute Gasteiger partial charge is 0.349 e. The van der Waals surface area contributed by atoms with Crippen LogP contribution < -0.4 is 5.32 Å². The third kappa shape index (κ3) is 2.69. The van der Waals surface area contributed by atoms with Crippen molar-refractivity contribution >= 4 is 11.6 Å². The Kier molecular flexibility index (Phi) is 3.63. The normalized spacial score (nSPS) is 9.89. The van der Waals surface area contributed by atoms with Crippen molar-refractivity contribution in [1.82, 2.24) is 4.90 Å². The molecule has 2 aromatic carbocycles. The molecule has 0 heterocycles. The van der Waals surface area contributed by atoms with Gasteiger partial charge in [0.1, 0.15) is 0 Å². The molecule has 0 atom stereocenters. The van der Waals surface area contributed by atoms with Crippen molar-refractivity contribution in [2.45, 2.75) is 0 Å². The second kappa shape index (κ2) is 5.36. The minimum Gasteiger partial charge on any atom is -0.349 e. The van der Waals surface area contributed by atoms with Crippen molar-refractivity contribution in [3.8, 4) is 11.1 Å². The van der Waals surface area contributed by atoms with E-state index in [-0.39, 0.29) is 0 Å². The molecule has 2 aromatic rings. The van der Waals surface area contributed by atoms with Gasteiger partial charge in [0, 0.05) is 25.3 Å². The fourth-order valence-electron chi connectivity index (χ4n) is 1.70. The SMILES string of the molecule is CN(C)C(=N)Nc1ccccc1-c1ccccc1. The Bertz CT molecular complexity index is 532. The highest BCUT2D eigenvalue weighted by molar-refractivity contribution is 5.95. The molecule has 2 rings (SSSR count). The summed E-state index contributed by atoms with van der Waals surface area (Å²) in [6.45, 7) is 0. The Morgan fingerprint density at radius 3 is 2.22 bits per heavy atom. The topological polar surface area (TPSA) is 39.1 Å². The van der Waals surface area contributed by atoms with Crippen LogP contribution in [0.15, 0.2) is 54.6 Å². The fraction of sp³-hybridized carbons (Fsp3) is 0.133. The molecule has 0 spiro atoms. The third-order valence-corrected chi connectivity index (χ3v) is 2.71. The molecule has 3 heteroatoms. The Morgan fingerprint density at radius 2 is 1.56 bits per heavy atom. The number of benzene rings is 2. The third-order valence-electron chi connectivity index (χ3n) is 2.71. The summed E-state index contributed by atoms with van der Waals surface area (Å²) < 4.78 is 0. The van der Waals surface area contributed by atoms with Crippen LogP contribution in [-0.2, 0) is 0 Å². The lowest BCUT2D eigenvalue weighted by Crippen LogP contribution is -2.28. The number of para-hydroxylation sites is 1. The van der Waals surface area contributed by atoms with Gasteiger partial charge in [-0.3, -0.25) is 5.41 Å². The minimum absolute atomic E-state index is 0.374. The molecule has 92 valence electrons. The van der Waals surface area contributed by atoms with E-state index in [9.17, 15) is 0 Å². The van der Waals surface area contributed by atoms with Crippen LogP contribution in [0.1, 0.15) is 0 Å². The number of rotatable bonds is 2. The number of nitrogens with one attached hydrogen (secondary N) is 2. The molecule has 0 aromatic heterocycles. The van der Waals surface area contributed by atoms with Gasteiger partial charge >= 0.3 is 0 Å². The van der Waals surface area contributed by atoms with Crippen molar-refractivity contribution in [3.63, 3.8) is 0 Å². The second-order valence-electron chi connectivity index (χ2n) is 4.28. The molecule has 0 fully saturated rings. The first-order valence-corrected chi connectivity index (χ1v) is 5.86. The predicted molar refractivity (Wildman–Crippen MR) is 76.9 cm³/mol. The summed E-state index contributed by atoms with van der Waals surface area (Å²) in [4.78, 5) is 1.74. The van der Waals surface area contributed by atoms with E-state index in [0.717, 1.165) is 16.8 Å². The molecule has 0 aliphatic carbocycles. The first kappa shape index (κ1) is 12.2. The van der Waals surface area contributed by atoms with Gasteiger partial charge in [0.2, 0.25) is 0 Å². The van der Waals surface area contributed by atoms with Crippen LogP contribution in [0.5, 0.6) is 0 Å². The van der Waals surface area contributed by atoms with Crippen molar-refractivity contribution in [3.05, 3.63) is 54.6 Å². The summed E-state index contributed by atoms with van der Waals surface area (Å²) in [5.74, 6) is 0.374. The molecule has 0 unspecified atom stereocenters. The van der Waals surface area contributed by atoms with E-state index >= 15 is 0 Å². The Morgan fingerprint density at radius 1 is 0.944 bits per heavy atom. The summed E-state index contributed by atoms with van der Waals surface area (Å²) in [6.07, 6.45) is 0. The molecule has 0 radical (unpaired) electrons. The molecular weight excluding hydrogens is 222 g/mol. The van der Waals surface area contributed by atoms with Crippen LogP contribution in [0.2, 0.25) is 0 Å². The Hall–Kier alpha value is -2.29. The van der Waals surface area contributed by atoms with Crippen molar-refractivity contribution in [1.29, 1.82) is 5.41 Å². The van der Waals surface area contributed by atoms with E-state index in [1.54, 1.807) is 4.90 Å². The zero-order chi connectivity index (χ0) is 13.0. The number of hydrogen-bond acceptors (Lipinski definition) is 1. The van der Waals surface area contributed by atoms with Crippen LogP contribution in [0, 0.1) is 5.41 Å². The van der Waals surface area contributed by atoms with E-state index in [1.807, 2.05) is 50.5 Å². The molecular formula is C15H17N3. The monoisotopic (exact) mass is 239 g/mol. The highest BCUT2D eigenvalue weighted by Gasteiger charge is 2.06. The van der Waals surface area contributed by atoms with Crippen LogP contribution in [-0.4, -0.2) is 25.0 Å². The van der Waals surface area contributed by atoms with Gasteiger partial charge in [0.15, 0.2) is 5.96 Å². The fourth-order valence-corrected chi connectivity index (χ4v) is 1.70. The lowest BCUT2D eigenvalue weighted by Gasteiger charge is -2.17. The van der Waals surface area contributed by atoms with Gasteiger partial charge in [-0.2, -0.15) is 0 Å². The number of nitrogens with zero attached hydrogens (tertiary/aromatic N) is 1. The molecule has 3 nitrogen and oxygen atoms in total. The van der Waals surface area contributed by atoms with Crippen molar-refractivity contribution in [2.75, 3.05) is 19.4 Å². The van der Waals surface area contributed by atoms with E-state index in [1.165, 1.54) is 0 Å². The molecule has 0 aliphatic heterocycles. The summed E-state index contributed by atoms with van der Waals surface area (Å²) in [5.41, 5.74) is 3.19. The van der Waals surface area contributed by atoms with Crippen molar-refractivity contribution < 1.29 is 0 Å². The maximum atomic E-state index is 7.85. The van der Waals surface area contributed by atoms with Crippen molar-refractivity contribution in [2.24, 2.45) is 0 Å². The van der Waals surface area contributed by atoms with E-state index < -0.39 is 0 Å². The standard InChI is InChI=1S/C15H17N3/c1-18(2)15(16)17-14-11-7-6-10-13(14)12-8-4-3-5-9-12/h3-11H,1-2H3,(H2,16,17).